The maximum Gasteiger partial charge on any atom is 0.260 e. The van der Waals surface area contributed by atoms with Crippen LogP contribution in [0.25, 0.3) is 10.2 Å². The first-order chi connectivity index (χ1) is 14.0. The minimum atomic E-state index is 0.0330. The Hall–Kier alpha value is -2.44. The number of quaternary nitrogens is 1. The molecule has 0 radical (unpaired) electrons. The SMILES string of the molecule is COc1ccc2nc(N(CC[NH+](C)C)C(=O)c3ccc4c(c3)CCCC4)sc2c1. The number of rotatable bonds is 6. The average molecular weight is 411 g/mol. The van der Waals surface area contributed by atoms with Crippen molar-refractivity contribution in [3.05, 3.63) is 53.1 Å². The van der Waals surface area contributed by atoms with Crippen molar-refractivity contribution >= 4 is 32.6 Å². The highest BCUT2D eigenvalue weighted by Crippen LogP contribution is 2.32. The molecule has 0 saturated carbocycles. The monoisotopic (exact) mass is 410 g/mol. The summed E-state index contributed by atoms with van der Waals surface area (Å²) in [5.74, 6) is 0.837. The number of methoxy groups -OCH3 is 1. The van der Waals surface area contributed by atoms with Gasteiger partial charge in [-0.05, 0) is 67.1 Å². The summed E-state index contributed by atoms with van der Waals surface area (Å²) in [7, 11) is 5.87. The van der Waals surface area contributed by atoms with Crippen molar-refractivity contribution in [1.82, 2.24) is 4.98 Å². The highest BCUT2D eigenvalue weighted by molar-refractivity contribution is 7.22. The summed E-state index contributed by atoms with van der Waals surface area (Å²) in [6.07, 6.45) is 4.64. The van der Waals surface area contributed by atoms with E-state index in [1.165, 1.54) is 28.9 Å². The molecule has 1 amide bonds. The lowest BCUT2D eigenvalue weighted by atomic mass is 9.90. The Bertz CT molecular complexity index is 1030. The Kier molecular flexibility index (Phi) is 5.83. The van der Waals surface area contributed by atoms with Crippen LogP contribution in [-0.2, 0) is 12.8 Å². The highest BCUT2D eigenvalue weighted by atomic mass is 32.1. The van der Waals surface area contributed by atoms with Gasteiger partial charge in [-0.3, -0.25) is 9.69 Å². The summed E-state index contributed by atoms with van der Waals surface area (Å²) in [4.78, 5) is 21.4. The fourth-order valence-corrected chi connectivity index (χ4v) is 4.80. The Labute approximate surface area is 175 Å². The molecule has 2 aromatic carbocycles. The Morgan fingerprint density at radius 1 is 1.14 bits per heavy atom. The van der Waals surface area contributed by atoms with E-state index in [0.717, 1.165) is 46.0 Å². The van der Waals surface area contributed by atoms with Crippen LogP contribution >= 0.6 is 11.3 Å². The van der Waals surface area contributed by atoms with Gasteiger partial charge in [-0.15, -0.1) is 0 Å². The molecular weight excluding hydrogens is 382 g/mol. The van der Waals surface area contributed by atoms with E-state index in [4.69, 9.17) is 9.72 Å². The van der Waals surface area contributed by atoms with Gasteiger partial charge in [-0.25, -0.2) is 4.98 Å². The molecule has 1 aromatic heterocycles. The summed E-state index contributed by atoms with van der Waals surface area (Å²) >= 11 is 1.54. The zero-order chi connectivity index (χ0) is 20.4. The number of aryl methyl sites for hydroxylation is 2. The van der Waals surface area contributed by atoms with E-state index in [2.05, 4.69) is 26.2 Å². The molecule has 0 unspecified atom stereocenters. The number of hydrogen-bond acceptors (Lipinski definition) is 4. The predicted octanol–water partition coefficient (Wildman–Crippen LogP) is 2.98. The number of benzene rings is 2. The molecule has 1 aliphatic carbocycles. The van der Waals surface area contributed by atoms with Crippen molar-refractivity contribution in [2.75, 3.05) is 39.2 Å². The van der Waals surface area contributed by atoms with Gasteiger partial charge >= 0.3 is 0 Å². The second kappa shape index (κ2) is 8.51. The topological polar surface area (TPSA) is 46.9 Å². The number of nitrogens with zero attached hydrogens (tertiary/aromatic N) is 2. The first-order valence-corrected chi connectivity index (χ1v) is 11.0. The number of carbonyl (C=O) groups excluding carboxylic acids is 1. The molecular formula is C23H28N3O2S+. The standard InChI is InChI=1S/C23H27N3O2S/c1-25(2)12-13-26(23-24-20-11-10-19(28-3)15-21(20)29-23)22(27)18-9-8-16-6-4-5-7-17(16)14-18/h8-11,14-15H,4-7,12-13H2,1-3H3/p+1. The summed E-state index contributed by atoms with van der Waals surface area (Å²) in [6.45, 7) is 1.49. The van der Waals surface area contributed by atoms with Crippen molar-refractivity contribution in [1.29, 1.82) is 0 Å². The smallest absolute Gasteiger partial charge is 0.260 e. The molecule has 4 rings (SSSR count). The third kappa shape index (κ3) is 4.28. The number of ether oxygens (including phenoxy) is 1. The molecule has 0 atom stereocenters. The van der Waals surface area contributed by atoms with Crippen LogP contribution in [0.15, 0.2) is 36.4 Å². The van der Waals surface area contributed by atoms with E-state index < -0.39 is 0 Å². The van der Waals surface area contributed by atoms with Crippen LogP contribution in [0, 0.1) is 0 Å². The number of aromatic nitrogens is 1. The van der Waals surface area contributed by atoms with Crippen molar-refractivity contribution in [3.63, 3.8) is 0 Å². The first-order valence-electron chi connectivity index (χ1n) is 10.2. The molecule has 1 aliphatic rings. The largest absolute Gasteiger partial charge is 0.497 e. The van der Waals surface area contributed by atoms with Gasteiger partial charge in [0.25, 0.3) is 5.91 Å². The Morgan fingerprint density at radius 3 is 2.69 bits per heavy atom. The quantitative estimate of drug-likeness (QED) is 0.680. The lowest BCUT2D eigenvalue weighted by Crippen LogP contribution is -3.06. The van der Waals surface area contributed by atoms with Crippen molar-refractivity contribution in [2.24, 2.45) is 0 Å². The number of likely N-dealkylation sites (N-methyl/N-ethyl adjacent to an activating group) is 1. The molecule has 29 heavy (non-hydrogen) atoms. The molecule has 5 nitrogen and oxygen atoms in total. The molecule has 1 N–H and O–H groups in total. The Balaban J connectivity index is 1.68. The van der Waals surface area contributed by atoms with E-state index in [0.29, 0.717) is 6.54 Å². The van der Waals surface area contributed by atoms with Crippen LogP contribution in [0.4, 0.5) is 5.13 Å². The predicted molar refractivity (Wildman–Crippen MR) is 119 cm³/mol. The van der Waals surface area contributed by atoms with Gasteiger partial charge in [0.15, 0.2) is 5.13 Å². The third-order valence-corrected chi connectivity index (χ3v) is 6.53. The molecule has 0 aliphatic heterocycles. The lowest BCUT2D eigenvalue weighted by Gasteiger charge is -2.22. The molecule has 1 heterocycles. The zero-order valence-corrected chi connectivity index (χ0v) is 18.1. The van der Waals surface area contributed by atoms with Gasteiger partial charge < -0.3 is 9.64 Å². The lowest BCUT2D eigenvalue weighted by molar-refractivity contribution is -0.856. The molecule has 3 aromatic rings. The molecule has 0 saturated heterocycles. The Morgan fingerprint density at radius 2 is 1.93 bits per heavy atom. The number of fused-ring (bicyclic) bond motifs is 2. The van der Waals surface area contributed by atoms with Crippen molar-refractivity contribution in [2.45, 2.75) is 25.7 Å². The average Bonchev–Trinajstić information content (AvgIpc) is 3.15. The number of anilines is 1. The molecule has 0 bridgehead atoms. The fraction of sp³-hybridized carbons (Fsp3) is 0.391. The molecule has 6 heteroatoms. The molecule has 152 valence electrons. The van der Waals surface area contributed by atoms with E-state index in [1.54, 1.807) is 18.4 Å². The number of thiazole rings is 1. The van der Waals surface area contributed by atoms with Crippen molar-refractivity contribution in [3.8, 4) is 5.75 Å². The van der Waals surface area contributed by atoms with E-state index in [1.807, 2.05) is 29.2 Å². The highest BCUT2D eigenvalue weighted by Gasteiger charge is 2.23. The number of carbonyl (C=O) groups is 1. The molecule has 0 fully saturated rings. The van der Waals surface area contributed by atoms with Gasteiger partial charge in [0, 0.05) is 5.56 Å². The van der Waals surface area contributed by atoms with E-state index in [-0.39, 0.29) is 5.91 Å². The van der Waals surface area contributed by atoms with E-state index in [9.17, 15) is 4.79 Å². The van der Waals surface area contributed by atoms with Crippen LogP contribution in [0.1, 0.15) is 34.3 Å². The van der Waals surface area contributed by atoms with Crippen LogP contribution in [0.5, 0.6) is 5.75 Å². The fourth-order valence-electron chi connectivity index (χ4n) is 3.78. The van der Waals surface area contributed by atoms with Crippen LogP contribution < -0.4 is 14.5 Å². The number of amides is 1. The van der Waals surface area contributed by atoms with Gasteiger partial charge in [0.2, 0.25) is 0 Å². The normalized spacial score (nSPS) is 13.5. The zero-order valence-electron chi connectivity index (χ0n) is 17.3. The second-order valence-electron chi connectivity index (χ2n) is 7.93. The van der Waals surface area contributed by atoms with Gasteiger partial charge in [0.1, 0.15) is 5.75 Å². The third-order valence-electron chi connectivity index (χ3n) is 5.49. The van der Waals surface area contributed by atoms with Gasteiger partial charge in [-0.2, -0.15) is 0 Å². The van der Waals surface area contributed by atoms with Gasteiger partial charge in [-0.1, -0.05) is 17.4 Å². The maximum atomic E-state index is 13.5. The minimum absolute atomic E-state index is 0.0330. The van der Waals surface area contributed by atoms with Crippen LogP contribution in [-0.4, -0.2) is 45.2 Å². The van der Waals surface area contributed by atoms with E-state index >= 15 is 0 Å². The number of nitrogens with one attached hydrogen (secondary N) is 1. The van der Waals surface area contributed by atoms with Crippen molar-refractivity contribution < 1.29 is 14.4 Å². The van der Waals surface area contributed by atoms with Gasteiger partial charge in [0.05, 0.1) is 44.5 Å². The van der Waals surface area contributed by atoms with Crippen LogP contribution in [0.3, 0.4) is 0 Å². The summed E-state index contributed by atoms with van der Waals surface area (Å²) < 4.78 is 6.36. The number of hydrogen-bond donors (Lipinski definition) is 1. The second-order valence-corrected chi connectivity index (χ2v) is 8.94. The summed E-state index contributed by atoms with van der Waals surface area (Å²) in [6, 6.07) is 12.1. The molecule has 0 spiro atoms. The maximum absolute atomic E-state index is 13.5. The minimum Gasteiger partial charge on any atom is -0.497 e. The summed E-state index contributed by atoms with van der Waals surface area (Å²) in [5.41, 5.74) is 4.38. The first kappa shape index (κ1) is 19.9. The summed E-state index contributed by atoms with van der Waals surface area (Å²) in [5, 5.41) is 0.747. The van der Waals surface area contributed by atoms with Crippen LogP contribution in [0.2, 0.25) is 0 Å².